The summed E-state index contributed by atoms with van der Waals surface area (Å²) in [5, 5.41) is 2.72. The van der Waals surface area contributed by atoms with Crippen molar-refractivity contribution in [3.63, 3.8) is 0 Å². The van der Waals surface area contributed by atoms with Gasteiger partial charge in [-0.1, -0.05) is 0 Å². The molecule has 158 valence electrons. The first-order valence-electron chi connectivity index (χ1n) is 10.2. The Morgan fingerprint density at radius 2 is 1.97 bits per heavy atom. The largest absolute Gasteiger partial charge is 0.357 e. The maximum atomic E-state index is 13.3. The lowest BCUT2D eigenvalue weighted by Gasteiger charge is -2.28. The highest BCUT2D eigenvalue weighted by Gasteiger charge is 2.48. The lowest BCUT2D eigenvalue weighted by atomic mass is 10.0. The van der Waals surface area contributed by atoms with Gasteiger partial charge < -0.3 is 10.2 Å². The lowest BCUT2D eigenvalue weighted by molar-refractivity contribution is -0.138. The van der Waals surface area contributed by atoms with Crippen LogP contribution in [0.15, 0.2) is 48.1 Å². The van der Waals surface area contributed by atoms with E-state index in [0.717, 1.165) is 25.5 Å². The number of anilines is 1. The Bertz CT molecular complexity index is 1110. The molecule has 9 heteroatoms. The number of amides is 3. The molecule has 0 bridgehead atoms. The van der Waals surface area contributed by atoms with Crippen molar-refractivity contribution in [3.05, 3.63) is 53.9 Å². The van der Waals surface area contributed by atoms with Crippen LogP contribution in [0.2, 0.25) is 0 Å². The average Bonchev–Trinajstić information content (AvgIpc) is 3.55. The number of pyridine rings is 2. The van der Waals surface area contributed by atoms with Crippen molar-refractivity contribution in [2.45, 2.75) is 31.7 Å². The standard InChI is InChI=1S/C22H20FN5O3/c23-15-8-14(9-24-11-15)13-3-6-18(25-10-13)26-19(29)12-27-7-1-2-17-20(27)22(31)28(21(17)30)16-4-5-16/h3,6,8-11,16H,1-2,4-5,7,12H2,(H,25,26,29). The first-order chi connectivity index (χ1) is 15.0. The number of nitrogens with one attached hydrogen (secondary N) is 1. The van der Waals surface area contributed by atoms with Crippen molar-refractivity contribution in [1.29, 1.82) is 0 Å². The third kappa shape index (κ3) is 3.67. The van der Waals surface area contributed by atoms with E-state index < -0.39 is 5.82 Å². The van der Waals surface area contributed by atoms with E-state index in [4.69, 9.17) is 0 Å². The summed E-state index contributed by atoms with van der Waals surface area (Å²) in [5.74, 6) is -0.896. The van der Waals surface area contributed by atoms with Gasteiger partial charge in [0.15, 0.2) is 0 Å². The molecule has 8 nitrogen and oxygen atoms in total. The van der Waals surface area contributed by atoms with Crippen molar-refractivity contribution in [1.82, 2.24) is 19.8 Å². The molecule has 0 spiro atoms. The van der Waals surface area contributed by atoms with Crippen LogP contribution in [0.4, 0.5) is 10.2 Å². The van der Waals surface area contributed by atoms with Crippen LogP contribution >= 0.6 is 0 Å². The fourth-order valence-corrected chi connectivity index (χ4v) is 4.08. The number of hydrogen-bond donors (Lipinski definition) is 1. The van der Waals surface area contributed by atoms with Gasteiger partial charge in [0, 0.05) is 41.7 Å². The van der Waals surface area contributed by atoms with Crippen LogP contribution < -0.4 is 5.32 Å². The summed E-state index contributed by atoms with van der Waals surface area (Å²) in [6.45, 7) is 0.510. The second kappa shape index (κ2) is 7.57. The molecule has 1 N–H and O–H groups in total. The van der Waals surface area contributed by atoms with E-state index in [9.17, 15) is 18.8 Å². The molecule has 1 fully saturated rings. The Morgan fingerprint density at radius 3 is 2.68 bits per heavy atom. The van der Waals surface area contributed by atoms with E-state index in [2.05, 4.69) is 15.3 Å². The van der Waals surface area contributed by atoms with Gasteiger partial charge in [-0.05, 0) is 43.9 Å². The van der Waals surface area contributed by atoms with Crippen molar-refractivity contribution >= 4 is 23.5 Å². The monoisotopic (exact) mass is 421 g/mol. The van der Waals surface area contributed by atoms with E-state index in [1.54, 1.807) is 17.0 Å². The van der Waals surface area contributed by atoms with Crippen LogP contribution in [0.5, 0.6) is 0 Å². The number of halogens is 1. The summed E-state index contributed by atoms with van der Waals surface area (Å²) in [7, 11) is 0. The van der Waals surface area contributed by atoms with E-state index >= 15 is 0 Å². The Balaban J connectivity index is 1.26. The van der Waals surface area contributed by atoms with Crippen LogP contribution in [0.1, 0.15) is 25.7 Å². The zero-order valence-electron chi connectivity index (χ0n) is 16.7. The number of hydrogen-bond acceptors (Lipinski definition) is 6. The number of rotatable bonds is 5. The van der Waals surface area contributed by atoms with E-state index in [1.807, 2.05) is 0 Å². The molecule has 5 rings (SSSR count). The minimum absolute atomic E-state index is 0.0114. The summed E-state index contributed by atoms with van der Waals surface area (Å²) in [5.41, 5.74) is 2.16. The summed E-state index contributed by atoms with van der Waals surface area (Å²) >= 11 is 0. The molecule has 3 amide bonds. The molecule has 1 saturated carbocycles. The van der Waals surface area contributed by atoms with Gasteiger partial charge in [0.05, 0.1) is 12.7 Å². The van der Waals surface area contributed by atoms with Crippen LogP contribution in [0.3, 0.4) is 0 Å². The van der Waals surface area contributed by atoms with Gasteiger partial charge in [0.25, 0.3) is 11.8 Å². The highest BCUT2D eigenvalue weighted by atomic mass is 19.1. The number of imide groups is 1. The molecule has 2 aliphatic heterocycles. The molecule has 0 unspecified atom stereocenters. The molecule has 31 heavy (non-hydrogen) atoms. The van der Waals surface area contributed by atoms with Gasteiger partial charge in [0.2, 0.25) is 5.91 Å². The Labute approximate surface area is 177 Å². The maximum absolute atomic E-state index is 13.3. The quantitative estimate of drug-likeness (QED) is 0.743. The molecular formula is C22H20FN5O3. The molecular weight excluding hydrogens is 401 g/mol. The van der Waals surface area contributed by atoms with E-state index in [1.165, 1.54) is 23.4 Å². The third-order valence-electron chi connectivity index (χ3n) is 5.67. The number of nitrogens with zero attached hydrogens (tertiary/aromatic N) is 4. The number of carbonyl (C=O) groups is 3. The fourth-order valence-electron chi connectivity index (χ4n) is 4.08. The molecule has 0 saturated heterocycles. The summed E-state index contributed by atoms with van der Waals surface area (Å²) in [4.78, 5) is 49.1. The molecule has 3 aliphatic rings. The van der Waals surface area contributed by atoms with Crippen molar-refractivity contribution in [3.8, 4) is 11.1 Å². The minimum atomic E-state index is -0.440. The fraction of sp³-hybridized carbons (Fsp3) is 0.318. The highest BCUT2D eigenvalue weighted by Crippen LogP contribution is 2.38. The SMILES string of the molecule is O=C(CN1CCCC2=C1C(=O)N(C1CC1)C2=O)Nc1ccc(-c2cncc(F)c2)cn1. The Hall–Kier alpha value is -3.62. The molecule has 2 aromatic rings. The second-order valence-corrected chi connectivity index (χ2v) is 7.94. The van der Waals surface area contributed by atoms with Gasteiger partial charge in [-0.15, -0.1) is 0 Å². The molecule has 1 aliphatic carbocycles. The molecule has 0 atom stereocenters. The topological polar surface area (TPSA) is 95.5 Å². The molecule has 0 aromatic carbocycles. The summed E-state index contributed by atoms with van der Waals surface area (Å²) < 4.78 is 13.3. The predicted molar refractivity (Wildman–Crippen MR) is 109 cm³/mol. The van der Waals surface area contributed by atoms with Crippen molar-refractivity contribution in [2.75, 3.05) is 18.4 Å². The zero-order valence-corrected chi connectivity index (χ0v) is 16.7. The number of carbonyl (C=O) groups excluding carboxylic acids is 3. The van der Waals surface area contributed by atoms with Crippen molar-refractivity contribution < 1.29 is 18.8 Å². The first-order valence-corrected chi connectivity index (χ1v) is 10.2. The summed E-state index contributed by atoms with van der Waals surface area (Å²) in [6.07, 6.45) is 7.18. The van der Waals surface area contributed by atoms with Crippen LogP contribution in [0, 0.1) is 5.82 Å². The first kappa shape index (κ1) is 19.3. The van der Waals surface area contributed by atoms with Crippen LogP contribution in [0.25, 0.3) is 11.1 Å². The predicted octanol–water partition coefficient (Wildman–Crippen LogP) is 2.10. The van der Waals surface area contributed by atoms with Gasteiger partial charge in [-0.25, -0.2) is 9.37 Å². The number of aromatic nitrogens is 2. The molecule has 2 aromatic heterocycles. The van der Waals surface area contributed by atoms with Crippen LogP contribution in [-0.2, 0) is 14.4 Å². The van der Waals surface area contributed by atoms with Gasteiger partial charge >= 0.3 is 0 Å². The van der Waals surface area contributed by atoms with Crippen LogP contribution in [-0.4, -0.2) is 56.6 Å². The normalized spacial score (nSPS) is 18.5. The third-order valence-corrected chi connectivity index (χ3v) is 5.67. The van der Waals surface area contributed by atoms with E-state index in [-0.39, 0.29) is 30.3 Å². The summed E-state index contributed by atoms with van der Waals surface area (Å²) in [6, 6.07) is 4.71. The Kier molecular flexibility index (Phi) is 4.72. The smallest absolute Gasteiger partial charge is 0.277 e. The van der Waals surface area contributed by atoms with Gasteiger partial charge in [0.1, 0.15) is 17.3 Å². The maximum Gasteiger partial charge on any atom is 0.277 e. The minimum Gasteiger partial charge on any atom is -0.357 e. The zero-order chi connectivity index (χ0) is 21.5. The Morgan fingerprint density at radius 1 is 1.13 bits per heavy atom. The van der Waals surface area contributed by atoms with Crippen molar-refractivity contribution in [2.24, 2.45) is 0 Å². The molecule has 0 radical (unpaired) electrons. The highest BCUT2D eigenvalue weighted by molar-refractivity contribution is 6.19. The average molecular weight is 421 g/mol. The second-order valence-electron chi connectivity index (χ2n) is 7.94. The lowest BCUT2D eigenvalue weighted by Crippen LogP contribution is -2.40. The molecule has 4 heterocycles. The van der Waals surface area contributed by atoms with Gasteiger partial charge in [-0.2, -0.15) is 0 Å². The van der Waals surface area contributed by atoms with Gasteiger partial charge in [-0.3, -0.25) is 24.3 Å². The van der Waals surface area contributed by atoms with E-state index in [0.29, 0.717) is 41.2 Å².